The molecular weight excluding hydrogens is 208 g/mol. The average molecular weight is 228 g/mol. The van der Waals surface area contributed by atoms with Crippen LogP contribution in [0, 0.1) is 0 Å². The van der Waals surface area contributed by atoms with Gasteiger partial charge in [-0.15, -0.1) is 0 Å². The number of esters is 2. The van der Waals surface area contributed by atoms with Crippen molar-refractivity contribution in [2.24, 2.45) is 0 Å². The van der Waals surface area contributed by atoms with Crippen LogP contribution in [0.4, 0.5) is 0 Å². The number of carbonyl (C=O) groups is 2. The molecule has 0 amide bonds. The monoisotopic (exact) mass is 228 g/mol. The zero-order valence-corrected chi connectivity index (χ0v) is 10.0. The molecule has 0 aliphatic heterocycles. The van der Waals surface area contributed by atoms with Crippen LogP contribution in [0.2, 0.25) is 0 Å². The molecule has 0 aromatic heterocycles. The largest absolute Gasteiger partial charge is 0.462 e. The summed E-state index contributed by atoms with van der Waals surface area (Å²) < 4.78 is 10.5. The molecule has 4 nitrogen and oxygen atoms in total. The summed E-state index contributed by atoms with van der Waals surface area (Å²) in [6.07, 6.45) is 4.01. The second-order valence-corrected chi connectivity index (χ2v) is 4.10. The Morgan fingerprint density at radius 2 is 1.44 bits per heavy atom. The summed E-state index contributed by atoms with van der Waals surface area (Å²) in [5.74, 6) is -0.347. The van der Waals surface area contributed by atoms with E-state index in [9.17, 15) is 9.59 Å². The summed E-state index contributed by atoms with van der Waals surface area (Å²) in [5, 5.41) is 0. The maximum absolute atomic E-state index is 11.1. The molecule has 1 aliphatic carbocycles. The van der Waals surface area contributed by atoms with Gasteiger partial charge in [0.25, 0.3) is 0 Å². The molecule has 0 aromatic carbocycles. The van der Waals surface area contributed by atoms with Crippen LogP contribution >= 0.6 is 0 Å². The van der Waals surface area contributed by atoms with E-state index in [-0.39, 0.29) is 24.1 Å². The predicted molar refractivity (Wildman–Crippen MR) is 58.8 cm³/mol. The molecule has 2 atom stereocenters. The fourth-order valence-corrected chi connectivity index (χ4v) is 1.85. The van der Waals surface area contributed by atoms with Crippen LogP contribution in [0.1, 0.15) is 52.4 Å². The molecule has 0 unspecified atom stereocenters. The molecule has 4 heteroatoms. The Morgan fingerprint density at radius 1 is 1.00 bits per heavy atom. The van der Waals surface area contributed by atoms with Crippen molar-refractivity contribution >= 4 is 11.9 Å². The first-order chi connectivity index (χ1) is 7.65. The minimum atomic E-state index is -0.174. The lowest BCUT2D eigenvalue weighted by Gasteiger charge is -2.28. The molecule has 0 aromatic rings. The number of rotatable bonds is 4. The predicted octanol–water partition coefficient (Wildman–Crippen LogP) is 2.20. The van der Waals surface area contributed by atoms with Crippen molar-refractivity contribution in [2.75, 3.05) is 0 Å². The van der Waals surface area contributed by atoms with Gasteiger partial charge in [-0.05, 0) is 19.3 Å². The van der Waals surface area contributed by atoms with Gasteiger partial charge in [0.2, 0.25) is 0 Å². The van der Waals surface area contributed by atoms with E-state index in [1.165, 1.54) is 0 Å². The Kier molecular flexibility index (Phi) is 5.29. The second kappa shape index (κ2) is 6.51. The first-order valence-electron chi connectivity index (χ1n) is 6.04. The van der Waals surface area contributed by atoms with Gasteiger partial charge in [-0.1, -0.05) is 13.8 Å². The van der Waals surface area contributed by atoms with Gasteiger partial charge in [0.05, 0.1) is 0 Å². The number of ether oxygens (including phenoxy) is 2. The van der Waals surface area contributed by atoms with E-state index in [2.05, 4.69) is 0 Å². The van der Waals surface area contributed by atoms with Crippen LogP contribution in [0.3, 0.4) is 0 Å². The third kappa shape index (κ3) is 4.21. The van der Waals surface area contributed by atoms with Crippen LogP contribution in [-0.2, 0) is 19.1 Å². The molecular formula is C12H20O4. The highest BCUT2D eigenvalue weighted by Gasteiger charge is 2.26. The lowest BCUT2D eigenvalue weighted by molar-refractivity contribution is -0.158. The van der Waals surface area contributed by atoms with Crippen molar-refractivity contribution in [3.8, 4) is 0 Å². The Balaban J connectivity index is 2.35. The van der Waals surface area contributed by atoms with E-state index in [1.807, 2.05) is 0 Å². The molecule has 16 heavy (non-hydrogen) atoms. The molecule has 1 rings (SSSR count). The van der Waals surface area contributed by atoms with E-state index in [1.54, 1.807) is 13.8 Å². The Labute approximate surface area is 96.3 Å². The van der Waals surface area contributed by atoms with Crippen molar-refractivity contribution < 1.29 is 19.1 Å². The van der Waals surface area contributed by atoms with Gasteiger partial charge < -0.3 is 9.47 Å². The molecule has 0 bridgehead atoms. The standard InChI is InChI=1S/C12H20O4/c1-3-11(13)15-9-6-5-7-10(8-9)16-12(14)4-2/h9-10H,3-8H2,1-2H3/t9-,10-/m0/s1. The van der Waals surface area contributed by atoms with Crippen molar-refractivity contribution in [1.29, 1.82) is 0 Å². The second-order valence-electron chi connectivity index (χ2n) is 4.10. The summed E-state index contributed by atoms with van der Waals surface area (Å²) in [4.78, 5) is 22.3. The van der Waals surface area contributed by atoms with E-state index in [4.69, 9.17) is 9.47 Å². The Bertz CT molecular complexity index is 225. The molecule has 0 heterocycles. The number of carbonyl (C=O) groups excluding carboxylic acids is 2. The first-order valence-corrected chi connectivity index (χ1v) is 6.04. The third-order valence-electron chi connectivity index (χ3n) is 2.75. The normalized spacial score (nSPS) is 24.9. The zero-order chi connectivity index (χ0) is 12.0. The highest BCUT2D eigenvalue weighted by molar-refractivity contribution is 5.69. The van der Waals surface area contributed by atoms with E-state index in [0.717, 1.165) is 19.3 Å². The molecule has 0 radical (unpaired) electrons. The fourth-order valence-electron chi connectivity index (χ4n) is 1.85. The molecule has 1 saturated carbocycles. The van der Waals surface area contributed by atoms with Crippen LogP contribution in [0.5, 0.6) is 0 Å². The van der Waals surface area contributed by atoms with Gasteiger partial charge in [0, 0.05) is 19.3 Å². The molecule has 1 aliphatic rings. The van der Waals surface area contributed by atoms with Gasteiger partial charge in [-0.3, -0.25) is 9.59 Å². The van der Waals surface area contributed by atoms with Crippen LogP contribution < -0.4 is 0 Å². The van der Waals surface area contributed by atoms with E-state index in [0.29, 0.717) is 19.3 Å². The Morgan fingerprint density at radius 3 is 1.81 bits per heavy atom. The lowest BCUT2D eigenvalue weighted by atomic mass is 9.95. The van der Waals surface area contributed by atoms with Gasteiger partial charge >= 0.3 is 11.9 Å². The average Bonchev–Trinajstić information content (AvgIpc) is 2.29. The van der Waals surface area contributed by atoms with Crippen molar-refractivity contribution in [3.05, 3.63) is 0 Å². The Hall–Kier alpha value is -1.06. The summed E-state index contributed by atoms with van der Waals surface area (Å²) in [6, 6.07) is 0. The van der Waals surface area contributed by atoms with Crippen molar-refractivity contribution in [1.82, 2.24) is 0 Å². The first kappa shape index (κ1) is 13.0. The smallest absolute Gasteiger partial charge is 0.305 e. The third-order valence-corrected chi connectivity index (χ3v) is 2.75. The zero-order valence-electron chi connectivity index (χ0n) is 10.0. The quantitative estimate of drug-likeness (QED) is 0.692. The summed E-state index contributed by atoms with van der Waals surface area (Å²) in [5.41, 5.74) is 0. The van der Waals surface area contributed by atoms with Gasteiger partial charge in [0.15, 0.2) is 0 Å². The molecule has 0 N–H and O–H groups in total. The summed E-state index contributed by atoms with van der Waals surface area (Å²) in [6.45, 7) is 3.56. The highest BCUT2D eigenvalue weighted by Crippen LogP contribution is 2.24. The van der Waals surface area contributed by atoms with E-state index >= 15 is 0 Å². The summed E-state index contributed by atoms with van der Waals surface area (Å²) >= 11 is 0. The van der Waals surface area contributed by atoms with Crippen molar-refractivity contribution in [2.45, 2.75) is 64.6 Å². The van der Waals surface area contributed by atoms with Crippen LogP contribution in [-0.4, -0.2) is 24.1 Å². The van der Waals surface area contributed by atoms with Crippen molar-refractivity contribution in [3.63, 3.8) is 0 Å². The number of hydrogen-bond donors (Lipinski definition) is 0. The van der Waals surface area contributed by atoms with Crippen LogP contribution in [0.15, 0.2) is 0 Å². The molecule has 1 fully saturated rings. The van der Waals surface area contributed by atoms with Crippen LogP contribution in [0.25, 0.3) is 0 Å². The lowest BCUT2D eigenvalue weighted by Crippen LogP contribution is -2.31. The molecule has 0 spiro atoms. The highest BCUT2D eigenvalue weighted by atomic mass is 16.6. The van der Waals surface area contributed by atoms with Gasteiger partial charge in [-0.25, -0.2) is 0 Å². The minimum Gasteiger partial charge on any atom is -0.462 e. The van der Waals surface area contributed by atoms with Gasteiger partial charge in [-0.2, -0.15) is 0 Å². The van der Waals surface area contributed by atoms with E-state index < -0.39 is 0 Å². The summed E-state index contributed by atoms with van der Waals surface area (Å²) in [7, 11) is 0. The maximum Gasteiger partial charge on any atom is 0.305 e. The SMILES string of the molecule is CCC(=O)O[C@H]1CCC[C@H](OC(=O)CC)C1. The molecule has 0 saturated heterocycles. The topological polar surface area (TPSA) is 52.6 Å². The van der Waals surface area contributed by atoms with Gasteiger partial charge in [0.1, 0.15) is 12.2 Å². The fraction of sp³-hybridized carbons (Fsp3) is 0.833. The number of hydrogen-bond acceptors (Lipinski definition) is 4. The minimum absolute atomic E-state index is 0.0733. The molecule has 92 valence electrons. The maximum atomic E-state index is 11.1.